The molecule has 2 N–H and O–H groups in total. The molecule has 0 aliphatic rings. The van der Waals surface area contributed by atoms with Crippen molar-refractivity contribution in [2.45, 2.75) is 13.0 Å². The molecule has 2 aromatic heterocycles. The van der Waals surface area contributed by atoms with Gasteiger partial charge in [-0.15, -0.1) is 10.2 Å². The lowest BCUT2D eigenvalue weighted by molar-refractivity contribution is 0.769. The number of rotatable bonds is 2. The molecule has 0 radical (unpaired) electrons. The van der Waals surface area contributed by atoms with Crippen molar-refractivity contribution in [2.24, 2.45) is 5.73 Å². The highest BCUT2D eigenvalue weighted by Crippen LogP contribution is 2.28. The lowest BCUT2D eigenvalue weighted by Crippen LogP contribution is -2.05. The maximum Gasteiger partial charge on any atom is 0.235 e. The third kappa shape index (κ3) is 1.78. The summed E-state index contributed by atoms with van der Waals surface area (Å²) in [5, 5.41) is 14.1. The van der Waals surface area contributed by atoms with Crippen molar-refractivity contribution >= 4 is 27.9 Å². The van der Waals surface area contributed by atoms with Crippen molar-refractivity contribution in [1.29, 1.82) is 0 Å². The monoisotopic (exact) mass is 279 g/mol. The fourth-order valence-electron chi connectivity index (χ4n) is 1.63. The minimum Gasteiger partial charge on any atom is -0.322 e. The molecular weight excluding hydrogens is 270 g/mol. The molecule has 0 amide bonds. The Morgan fingerprint density at radius 1 is 1.33 bits per heavy atom. The first-order valence-corrected chi connectivity index (χ1v) is 6.59. The summed E-state index contributed by atoms with van der Waals surface area (Å²) < 4.78 is 1.69. The number of benzene rings is 1. The molecule has 0 saturated carbocycles. The molecule has 0 aliphatic carbocycles. The van der Waals surface area contributed by atoms with Gasteiger partial charge in [0, 0.05) is 5.56 Å². The fraction of sp³-hybridized carbons (Fsp3) is 0.182. The second-order valence-electron chi connectivity index (χ2n) is 3.93. The lowest BCUT2D eigenvalue weighted by atomic mass is 10.2. The Hall–Kier alpha value is -1.50. The van der Waals surface area contributed by atoms with Crippen LogP contribution in [0, 0.1) is 0 Å². The number of nitrogens with two attached hydrogens (primary N) is 1. The van der Waals surface area contributed by atoms with Crippen LogP contribution in [0.5, 0.6) is 0 Å². The van der Waals surface area contributed by atoms with Gasteiger partial charge in [-0.1, -0.05) is 35.1 Å². The second kappa shape index (κ2) is 4.31. The standard InChI is InChI=1S/C11H10ClN5S/c1-6(13)10-16-17-9(14-15-11(17)18-10)7-4-2-3-5-8(7)12/h2-6H,13H2,1H3. The fourth-order valence-corrected chi connectivity index (χ4v) is 2.64. The van der Waals surface area contributed by atoms with E-state index in [0.29, 0.717) is 10.8 Å². The smallest absolute Gasteiger partial charge is 0.235 e. The average molecular weight is 280 g/mol. The average Bonchev–Trinajstić information content (AvgIpc) is 2.89. The highest BCUT2D eigenvalue weighted by atomic mass is 35.5. The van der Waals surface area contributed by atoms with Crippen LogP contribution in [0.3, 0.4) is 0 Å². The van der Waals surface area contributed by atoms with Gasteiger partial charge in [0.05, 0.1) is 11.1 Å². The molecule has 0 fully saturated rings. The third-order valence-corrected chi connectivity index (χ3v) is 3.94. The lowest BCUT2D eigenvalue weighted by Gasteiger charge is -2.00. The van der Waals surface area contributed by atoms with E-state index in [9.17, 15) is 0 Å². The maximum absolute atomic E-state index is 6.16. The van der Waals surface area contributed by atoms with Crippen LogP contribution in [0.2, 0.25) is 5.02 Å². The van der Waals surface area contributed by atoms with E-state index in [4.69, 9.17) is 17.3 Å². The number of fused-ring (bicyclic) bond motifs is 1. The van der Waals surface area contributed by atoms with Crippen LogP contribution in [0.25, 0.3) is 16.3 Å². The molecule has 92 valence electrons. The number of hydrogen-bond donors (Lipinski definition) is 1. The van der Waals surface area contributed by atoms with E-state index < -0.39 is 0 Å². The Labute approximate surface area is 112 Å². The number of aromatic nitrogens is 4. The summed E-state index contributed by atoms with van der Waals surface area (Å²) >= 11 is 7.59. The molecule has 1 aromatic carbocycles. The van der Waals surface area contributed by atoms with Crippen LogP contribution >= 0.6 is 22.9 Å². The van der Waals surface area contributed by atoms with Crippen LogP contribution in [-0.2, 0) is 0 Å². The van der Waals surface area contributed by atoms with Crippen molar-refractivity contribution in [3.63, 3.8) is 0 Å². The van der Waals surface area contributed by atoms with Crippen molar-refractivity contribution in [1.82, 2.24) is 19.8 Å². The molecule has 18 heavy (non-hydrogen) atoms. The summed E-state index contributed by atoms with van der Waals surface area (Å²) in [5.41, 5.74) is 6.63. The zero-order chi connectivity index (χ0) is 12.7. The minimum absolute atomic E-state index is 0.115. The van der Waals surface area contributed by atoms with E-state index in [-0.39, 0.29) is 6.04 Å². The van der Waals surface area contributed by atoms with E-state index in [1.807, 2.05) is 31.2 Å². The molecule has 2 heterocycles. The molecule has 0 spiro atoms. The van der Waals surface area contributed by atoms with Gasteiger partial charge in [0.25, 0.3) is 0 Å². The molecule has 0 bridgehead atoms. The second-order valence-corrected chi connectivity index (χ2v) is 5.32. The minimum atomic E-state index is -0.115. The first kappa shape index (κ1) is 11.6. The predicted molar refractivity (Wildman–Crippen MR) is 71.7 cm³/mol. The number of halogens is 1. The van der Waals surface area contributed by atoms with Crippen molar-refractivity contribution in [3.8, 4) is 11.4 Å². The molecule has 3 aromatic rings. The van der Waals surface area contributed by atoms with Gasteiger partial charge in [-0.25, -0.2) is 0 Å². The normalized spacial score (nSPS) is 13.1. The Kier molecular flexibility index (Phi) is 2.77. The van der Waals surface area contributed by atoms with Gasteiger partial charge in [-0.05, 0) is 19.1 Å². The van der Waals surface area contributed by atoms with Gasteiger partial charge in [-0.2, -0.15) is 9.61 Å². The molecule has 0 saturated heterocycles. The van der Waals surface area contributed by atoms with Gasteiger partial charge in [0.1, 0.15) is 5.01 Å². The Morgan fingerprint density at radius 2 is 2.11 bits per heavy atom. The summed E-state index contributed by atoms with van der Waals surface area (Å²) in [7, 11) is 0. The highest BCUT2D eigenvalue weighted by Gasteiger charge is 2.16. The van der Waals surface area contributed by atoms with E-state index >= 15 is 0 Å². The Bertz CT molecular complexity index is 702. The van der Waals surface area contributed by atoms with Gasteiger partial charge >= 0.3 is 0 Å². The molecule has 5 nitrogen and oxygen atoms in total. The molecule has 0 aliphatic heterocycles. The van der Waals surface area contributed by atoms with Crippen molar-refractivity contribution in [3.05, 3.63) is 34.3 Å². The van der Waals surface area contributed by atoms with Crippen LogP contribution in [0.4, 0.5) is 0 Å². The van der Waals surface area contributed by atoms with E-state index in [0.717, 1.165) is 15.5 Å². The van der Waals surface area contributed by atoms with E-state index in [2.05, 4.69) is 15.3 Å². The SMILES string of the molecule is CC(N)c1nn2c(-c3ccccc3Cl)nnc2s1. The summed E-state index contributed by atoms with van der Waals surface area (Å²) in [4.78, 5) is 0.720. The largest absolute Gasteiger partial charge is 0.322 e. The third-order valence-electron chi connectivity index (χ3n) is 2.51. The molecule has 7 heteroatoms. The quantitative estimate of drug-likeness (QED) is 0.783. The van der Waals surface area contributed by atoms with Gasteiger partial charge in [0.2, 0.25) is 4.96 Å². The molecule has 3 rings (SSSR count). The summed E-state index contributed by atoms with van der Waals surface area (Å²) in [6.07, 6.45) is 0. The zero-order valence-electron chi connectivity index (χ0n) is 9.54. The number of hydrogen-bond acceptors (Lipinski definition) is 5. The Morgan fingerprint density at radius 3 is 2.83 bits per heavy atom. The zero-order valence-corrected chi connectivity index (χ0v) is 11.1. The van der Waals surface area contributed by atoms with Gasteiger partial charge in [0.15, 0.2) is 5.82 Å². The van der Waals surface area contributed by atoms with Crippen molar-refractivity contribution in [2.75, 3.05) is 0 Å². The number of nitrogens with zero attached hydrogens (tertiary/aromatic N) is 4. The van der Waals surface area contributed by atoms with Crippen LogP contribution in [0.1, 0.15) is 18.0 Å². The van der Waals surface area contributed by atoms with Crippen LogP contribution in [0.15, 0.2) is 24.3 Å². The Balaban J connectivity index is 2.21. The van der Waals surface area contributed by atoms with Crippen LogP contribution < -0.4 is 5.73 Å². The van der Waals surface area contributed by atoms with Crippen molar-refractivity contribution < 1.29 is 0 Å². The topological polar surface area (TPSA) is 69.1 Å². The van der Waals surface area contributed by atoms with Gasteiger partial charge in [-0.3, -0.25) is 0 Å². The summed E-state index contributed by atoms with van der Waals surface area (Å²) in [5.74, 6) is 0.638. The predicted octanol–water partition coefficient (Wildman–Crippen LogP) is 2.53. The summed E-state index contributed by atoms with van der Waals surface area (Å²) in [6.45, 7) is 1.89. The maximum atomic E-state index is 6.16. The van der Waals surface area contributed by atoms with E-state index in [1.54, 1.807) is 4.52 Å². The van der Waals surface area contributed by atoms with Crippen LogP contribution in [-0.4, -0.2) is 19.8 Å². The molecule has 1 atom stereocenters. The first-order valence-electron chi connectivity index (χ1n) is 5.39. The molecular formula is C11H10ClN5S. The van der Waals surface area contributed by atoms with Gasteiger partial charge < -0.3 is 5.73 Å². The first-order chi connectivity index (χ1) is 8.66. The molecule has 1 unspecified atom stereocenters. The van der Waals surface area contributed by atoms with E-state index in [1.165, 1.54) is 11.3 Å². The summed E-state index contributed by atoms with van der Waals surface area (Å²) in [6, 6.07) is 7.37. The highest BCUT2D eigenvalue weighted by molar-refractivity contribution is 7.16.